The summed E-state index contributed by atoms with van der Waals surface area (Å²) in [5, 5.41) is 2.58. The van der Waals surface area contributed by atoms with Crippen LogP contribution in [0.4, 0.5) is 0 Å². The normalized spacial score (nSPS) is 9.84. The van der Waals surface area contributed by atoms with E-state index >= 15 is 0 Å². The highest BCUT2D eigenvalue weighted by atomic mass is 31.1. The molecule has 0 heterocycles. The first-order valence-corrected chi connectivity index (χ1v) is 7.06. The second kappa shape index (κ2) is 7.70. The second-order valence-corrected chi connectivity index (χ2v) is 4.40. The van der Waals surface area contributed by atoms with Gasteiger partial charge in [0, 0.05) is 0 Å². The maximum absolute atomic E-state index is 8.74. The van der Waals surface area contributed by atoms with Gasteiger partial charge in [0.1, 0.15) is 0 Å². The third-order valence-corrected chi connectivity index (χ3v) is 2.65. The molecule has 19 heavy (non-hydrogen) atoms. The molecule has 0 radical (unpaired) electrons. The van der Waals surface area contributed by atoms with Gasteiger partial charge in [-0.3, -0.25) is 4.57 Å². The summed E-state index contributed by atoms with van der Waals surface area (Å²) < 4.78 is 8.74. The van der Waals surface area contributed by atoms with E-state index in [0.717, 1.165) is 6.42 Å². The second-order valence-electron chi connectivity index (χ2n) is 3.83. The Kier molecular flexibility index (Phi) is 6.23. The van der Waals surface area contributed by atoms with Gasteiger partial charge in [0.25, 0.3) is 0 Å². The number of hydrogen-bond donors (Lipinski definition) is 2. The van der Waals surface area contributed by atoms with Crippen LogP contribution in [0, 0.1) is 0 Å². The fraction of sp³-hybridized carbons (Fsp3) is 0.0667. The average molecular weight is 276 g/mol. The Hall–Kier alpha value is -1.67. The maximum Gasteiger partial charge on any atom is 0.314 e. The zero-order chi connectivity index (χ0) is 14.3. The summed E-state index contributed by atoms with van der Waals surface area (Å²) in [4.78, 5) is 14.3. The van der Waals surface area contributed by atoms with Crippen molar-refractivity contribution < 1.29 is 14.4 Å². The molecule has 0 fully saturated rings. The molecule has 0 aromatic heterocycles. The van der Waals surface area contributed by atoms with Crippen molar-refractivity contribution in [2.45, 2.75) is 6.42 Å². The van der Waals surface area contributed by atoms with Gasteiger partial charge in [0.05, 0.1) is 0 Å². The molecule has 4 heteroatoms. The zero-order valence-corrected chi connectivity index (χ0v) is 11.5. The molecule has 0 aliphatic heterocycles. The summed E-state index contributed by atoms with van der Waals surface area (Å²) in [6.45, 7) is 7.65. The van der Waals surface area contributed by atoms with Crippen molar-refractivity contribution in [2.75, 3.05) is 0 Å². The number of allylic oxidation sites excluding steroid dienone is 1. The Balaban J connectivity index is 0.000000399. The van der Waals surface area contributed by atoms with Gasteiger partial charge in [-0.1, -0.05) is 55.1 Å². The van der Waals surface area contributed by atoms with Crippen LogP contribution in [-0.2, 0) is 11.0 Å². The Labute approximate surface area is 113 Å². The molecule has 2 rings (SSSR count). The quantitative estimate of drug-likeness (QED) is 0.665. The van der Waals surface area contributed by atoms with Crippen LogP contribution in [0.25, 0.3) is 16.8 Å². The van der Waals surface area contributed by atoms with Gasteiger partial charge in [-0.25, -0.2) is 0 Å². The molecule has 2 N–H and O–H groups in total. The van der Waals surface area contributed by atoms with Gasteiger partial charge in [-0.15, -0.1) is 6.58 Å². The predicted molar refractivity (Wildman–Crippen MR) is 81.4 cm³/mol. The molecule has 2 aromatic carbocycles. The predicted octanol–water partition coefficient (Wildman–Crippen LogP) is 3.57. The molecule has 0 aliphatic rings. The van der Waals surface area contributed by atoms with E-state index in [1.807, 2.05) is 12.2 Å². The molecule has 3 nitrogen and oxygen atoms in total. The Morgan fingerprint density at radius 1 is 1.11 bits per heavy atom. The summed E-state index contributed by atoms with van der Waals surface area (Å²) in [5.74, 6) is 0. The van der Waals surface area contributed by atoms with Crippen molar-refractivity contribution in [1.29, 1.82) is 0 Å². The van der Waals surface area contributed by atoms with E-state index in [9.17, 15) is 0 Å². The van der Waals surface area contributed by atoms with Crippen LogP contribution >= 0.6 is 8.25 Å². The maximum atomic E-state index is 8.74. The van der Waals surface area contributed by atoms with Gasteiger partial charge in [0.2, 0.25) is 0 Å². The topological polar surface area (TPSA) is 57.5 Å². The zero-order valence-electron chi connectivity index (χ0n) is 10.5. The number of fused-ring (bicyclic) bond motifs is 1. The van der Waals surface area contributed by atoms with Crippen molar-refractivity contribution in [3.05, 3.63) is 66.8 Å². The molecule has 0 atom stereocenters. The van der Waals surface area contributed by atoms with Crippen LogP contribution in [0.15, 0.2) is 55.6 Å². The van der Waals surface area contributed by atoms with Crippen molar-refractivity contribution in [2.24, 2.45) is 0 Å². The van der Waals surface area contributed by atoms with Crippen LogP contribution in [0.1, 0.15) is 11.1 Å². The highest BCUT2D eigenvalue weighted by Gasteiger charge is 2.02. The van der Waals surface area contributed by atoms with Crippen molar-refractivity contribution in [1.82, 2.24) is 0 Å². The first-order chi connectivity index (χ1) is 9.10. The van der Waals surface area contributed by atoms with Crippen LogP contribution < -0.4 is 0 Å². The van der Waals surface area contributed by atoms with Crippen molar-refractivity contribution in [3.8, 4) is 0 Å². The standard InChI is InChI=1S/C15H14.H3O3P/c1-3-7-14-12(4-2)10-11-13-8-5-6-9-15(13)14;1-4(2)3/h3-6,8-11H,1-2,7H2;4H,(H2,1,2,3). The molecule has 0 aliphatic carbocycles. The molecule has 100 valence electrons. The monoisotopic (exact) mass is 276 g/mol. The third-order valence-electron chi connectivity index (χ3n) is 2.65. The molecule has 0 unspecified atom stereocenters. The van der Waals surface area contributed by atoms with Crippen molar-refractivity contribution in [3.63, 3.8) is 0 Å². The Bertz CT molecular complexity index is 601. The van der Waals surface area contributed by atoms with E-state index < -0.39 is 8.25 Å². The van der Waals surface area contributed by atoms with Crippen LogP contribution in [0.2, 0.25) is 0 Å². The smallest absolute Gasteiger partial charge is 0.314 e. The summed E-state index contributed by atoms with van der Waals surface area (Å²) in [6, 6.07) is 12.7. The van der Waals surface area contributed by atoms with Crippen LogP contribution in [-0.4, -0.2) is 9.79 Å². The minimum Gasteiger partial charge on any atom is -0.326 e. The fourth-order valence-corrected chi connectivity index (χ4v) is 1.92. The minimum atomic E-state index is -3.13. The van der Waals surface area contributed by atoms with E-state index in [2.05, 4.69) is 49.6 Å². The van der Waals surface area contributed by atoms with Gasteiger partial charge in [0.15, 0.2) is 0 Å². The number of hydrogen-bond acceptors (Lipinski definition) is 1. The SMILES string of the molecule is C=CCc1c(C=C)ccc2ccccc12.O=[PH](O)O. The highest BCUT2D eigenvalue weighted by molar-refractivity contribution is 7.30. The van der Waals surface area contributed by atoms with Gasteiger partial charge < -0.3 is 9.79 Å². The summed E-state index contributed by atoms with van der Waals surface area (Å²) in [6.07, 6.45) is 4.74. The molecular formula is C15H17O3P. The highest BCUT2D eigenvalue weighted by Crippen LogP contribution is 2.23. The lowest BCUT2D eigenvalue weighted by Crippen LogP contribution is -1.89. The Morgan fingerprint density at radius 3 is 2.32 bits per heavy atom. The first kappa shape index (κ1) is 15.4. The Morgan fingerprint density at radius 2 is 1.74 bits per heavy atom. The number of benzene rings is 2. The molecule has 0 amide bonds. The third kappa shape index (κ3) is 4.49. The molecule has 0 spiro atoms. The average Bonchev–Trinajstić information content (AvgIpc) is 2.39. The molecule has 0 saturated heterocycles. The van der Waals surface area contributed by atoms with Gasteiger partial charge >= 0.3 is 8.25 Å². The summed E-state index contributed by atoms with van der Waals surface area (Å²) in [7, 11) is -3.13. The van der Waals surface area contributed by atoms with Crippen molar-refractivity contribution >= 4 is 25.1 Å². The molecule has 2 aromatic rings. The lowest BCUT2D eigenvalue weighted by atomic mass is 9.97. The van der Waals surface area contributed by atoms with E-state index in [4.69, 9.17) is 14.4 Å². The molecule has 0 saturated carbocycles. The fourth-order valence-electron chi connectivity index (χ4n) is 1.92. The summed E-state index contributed by atoms with van der Waals surface area (Å²) >= 11 is 0. The van der Waals surface area contributed by atoms with Gasteiger partial charge in [-0.05, 0) is 28.3 Å². The van der Waals surface area contributed by atoms with E-state index in [-0.39, 0.29) is 0 Å². The van der Waals surface area contributed by atoms with Crippen LogP contribution in [0.3, 0.4) is 0 Å². The van der Waals surface area contributed by atoms with Crippen LogP contribution in [0.5, 0.6) is 0 Å². The molecular weight excluding hydrogens is 259 g/mol. The lowest BCUT2D eigenvalue weighted by molar-refractivity contribution is 0.405. The molecule has 0 bridgehead atoms. The minimum absolute atomic E-state index is 0.892. The first-order valence-electron chi connectivity index (χ1n) is 5.76. The van der Waals surface area contributed by atoms with Gasteiger partial charge in [-0.2, -0.15) is 0 Å². The lowest BCUT2D eigenvalue weighted by Gasteiger charge is -2.08. The van der Waals surface area contributed by atoms with E-state index in [0.29, 0.717) is 0 Å². The van der Waals surface area contributed by atoms with E-state index in [1.54, 1.807) is 0 Å². The summed E-state index contributed by atoms with van der Waals surface area (Å²) in [5.41, 5.74) is 2.52. The van der Waals surface area contributed by atoms with E-state index in [1.165, 1.54) is 21.9 Å². The number of rotatable bonds is 3. The largest absolute Gasteiger partial charge is 0.326 e.